The van der Waals surface area contributed by atoms with Crippen LogP contribution in [-0.4, -0.2) is 51.8 Å². The number of hydrogen-bond acceptors (Lipinski definition) is 4. The monoisotopic (exact) mass is 304 g/mol. The molecule has 0 N–H and O–H groups in total. The summed E-state index contributed by atoms with van der Waals surface area (Å²) in [5.74, 6) is 0. The predicted molar refractivity (Wildman–Crippen MR) is 68.6 cm³/mol. The van der Waals surface area contributed by atoms with Crippen molar-refractivity contribution in [2.45, 2.75) is 56.6 Å². The second-order valence-corrected chi connectivity index (χ2v) is 5.92. The molecule has 3 rings (SSSR count). The summed E-state index contributed by atoms with van der Waals surface area (Å²) in [6.07, 6.45) is 0.831. The lowest BCUT2D eigenvalue weighted by molar-refractivity contribution is -0.156. The van der Waals surface area contributed by atoms with Crippen LogP contribution in [0.5, 0.6) is 0 Å². The van der Waals surface area contributed by atoms with E-state index in [0.29, 0.717) is 19.4 Å². The molecule has 2 aliphatic rings. The van der Waals surface area contributed by atoms with Gasteiger partial charge >= 0.3 is 6.18 Å². The summed E-state index contributed by atoms with van der Waals surface area (Å²) in [5.41, 5.74) is 0.752. The Kier molecular flexibility index (Phi) is 3.92. The van der Waals surface area contributed by atoms with E-state index in [1.807, 2.05) is 6.20 Å². The molecule has 2 aliphatic heterocycles. The minimum Gasteiger partial charge on any atom is -0.378 e. The second kappa shape index (κ2) is 5.57. The molecule has 2 saturated heterocycles. The van der Waals surface area contributed by atoms with E-state index in [0.717, 1.165) is 18.5 Å². The molecule has 0 saturated carbocycles. The maximum Gasteiger partial charge on any atom is 0.401 e. The van der Waals surface area contributed by atoms with E-state index >= 15 is 0 Å². The van der Waals surface area contributed by atoms with Gasteiger partial charge in [-0.15, -0.1) is 5.10 Å². The first-order valence-corrected chi connectivity index (χ1v) is 7.18. The molecule has 1 aromatic rings. The Morgan fingerprint density at radius 3 is 2.48 bits per heavy atom. The van der Waals surface area contributed by atoms with E-state index in [9.17, 15) is 13.2 Å². The lowest BCUT2D eigenvalue weighted by atomic mass is 9.97. The first-order valence-electron chi connectivity index (χ1n) is 7.18. The summed E-state index contributed by atoms with van der Waals surface area (Å²) in [7, 11) is 1.59. The van der Waals surface area contributed by atoms with Gasteiger partial charge in [-0.3, -0.25) is 4.90 Å². The van der Waals surface area contributed by atoms with Gasteiger partial charge in [0.25, 0.3) is 0 Å². The number of piperidine rings is 1. The highest BCUT2D eigenvalue weighted by molar-refractivity contribution is 4.99. The molecule has 0 aliphatic carbocycles. The van der Waals surface area contributed by atoms with Gasteiger partial charge in [-0.1, -0.05) is 5.21 Å². The molecule has 0 radical (unpaired) electrons. The van der Waals surface area contributed by atoms with Gasteiger partial charge in [-0.25, -0.2) is 4.68 Å². The van der Waals surface area contributed by atoms with Gasteiger partial charge in [0.05, 0.1) is 25.4 Å². The third kappa shape index (κ3) is 3.21. The van der Waals surface area contributed by atoms with E-state index in [1.54, 1.807) is 16.7 Å². The zero-order valence-electron chi connectivity index (χ0n) is 11.9. The Morgan fingerprint density at radius 2 is 1.90 bits per heavy atom. The van der Waals surface area contributed by atoms with Crippen LogP contribution in [0.15, 0.2) is 6.20 Å². The molecule has 2 fully saturated rings. The molecule has 3 heterocycles. The number of rotatable bonds is 4. The average molecular weight is 304 g/mol. The van der Waals surface area contributed by atoms with E-state index < -0.39 is 12.7 Å². The Bertz CT molecular complexity index is 476. The summed E-state index contributed by atoms with van der Waals surface area (Å²) in [5, 5.41) is 8.13. The van der Waals surface area contributed by atoms with Crippen LogP contribution in [0.2, 0.25) is 0 Å². The Labute approximate surface area is 121 Å². The van der Waals surface area contributed by atoms with Crippen molar-refractivity contribution in [2.75, 3.05) is 13.7 Å². The van der Waals surface area contributed by atoms with Crippen LogP contribution in [0.3, 0.4) is 0 Å². The van der Waals surface area contributed by atoms with Crippen LogP contribution in [0.25, 0.3) is 0 Å². The number of methoxy groups -OCH3 is 1. The smallest absolute Gasteiger partial charge is 0.378 e. The summed E-state index contributed by atoms with van der Waals surface area (Å²) in [4.78, 5) is 1.63. The summed E-state index contributed by atoms with van der Waals surface area (Å²) < 4.78 is 44.7. The molecule has 0 spiro atoms. The van der Waals surface area contributed by atoms with E-state index in [1.165, 1.54) is 0 Å². The lowest BCUT2D eigenvalue weighted by Crippen LogP contribution is -2.47. The van der Waals surface area contributed by atoms with Crippen LogP contribution in [0.1, 0.15) is 37.4 Å². The number of fused-ring (bicyclic) bond motifs is 2. The summed E-state index contributed by atoms with van der Waals surface area (Å²) in [6, 6.07) is 0.154. The van der Waals surface area contributed by atoms with Crippen molar-refractivity contribution in [2.24, 2.45) is 0 Å². The SMILES string of the molecule is COCc1cn(C2CC3CCC(C2)N3CC(F)(F)F)nn1. The molecule has 5 nitrogen and oxygen atoms in total. The van der Waals surface area contributed by atoms with Gasteiger partial charge in [-0.05, 0) is 25.7 Å². The molecule has 0 aromatic carbocycles. The molecule has 1 aromatic heterocycles. The number of alkyl halides is 3. The number of aromatic nitrogens is 3. The first-order chi connectivity index (χ1) is 9.96. The van der Waals surface area contributed by atoms with Gasteiger partial charge in [0, 0.05) is 19.2 Å². The van der Waals surface area contributed by atoms with Crippen molar-refractivity contribution in [3.8, 4) is 0 Å². The number of nitrogens with zero attached hydrogens (tertiary/aromatic N) is 4. The molecule has 21 heavy (non-hydrogen) atoms. The molecule has 118 valence electrons. The molecule has 8 heteroatoms. The maximum absolute atomic E-state index is 12.6. The van der Waals surface area contributed by atoms with Crippen molar-refractivity contribution in [1.82, 2.24) is 19.9 Å². The average Bonchev–Trinajstić information content (AvgIpc) is 2.92. The van der Waals surface area contributed by atoms with Crippen molar-refractivity contribution >= 4 is 0 Å². The molecule has 2 bridgehead atoms. The molecular weight excluding hydrogens is 285 g/mol. The fraction of sp³-hybridized carbons (Fsp3) is 0.846. The Balaban J connectivity index is 1.67. The third-order valence-electron chi connectivity index (χ3n) is 4.45. The first kappa shape index (κ1) is 14.8. The summed E-state index contributed by atoms with van der Waals surface area (Å²) in [6.45, 7) is -0.388. The van der Waals surface area contributed by atoms with Crippen molar-refractivity contribution in [3.63, 3.8) is 0 Å². The highest BCUT2D eigenvalue weighted by atomic mass is 19.4. The summed E-state index contributed by atoms with van der Waals surface area (Å²) >= 11 is 0. The van der Waals surface area contributed by atoms with Crippen molar-refractivity contribution in [1.29, 1.82) is 0 Å². The topological polar surface area (TPSA) is 43.2 Å². The lowest BCUT2D eigenvalue weighted by Gasteiger charge is -2.39. The van der Waals surface area contributed by atoms with E-state index in [-0.39, 0.29) is 18.1 Å². The van der Waals surface area contributed by atoms with Crippen LogP contribution >= 0.6 is 0 Å². The molecule has 0 amide bonds. The van der Waals surface area contributed by atoms with Gasteiger partial charge in [0.15, 0.2) is 0 Å². The number of ether oxygens (including phenoxy) is 1. The Hall–Kier alpha value is -1.15. The second-order valence-electron chi connectivity index (χ2n) is 5.92. The third-order valence-corrected chi connectivity index (χ3v) is 4.45. The highest BCUT2D eigenvalue weighted by Crippen LogP contribution is 2.41. The van der Waals surface area contributed by atoms with Crippen LogP contribution in [0, 0.1) is 0 Å². The minimum absolute atomic E-state index is 0.00505. The van der Waals surface area contributed by atoms with Gasteiger partial charge in [0.2, 0.25) is 0 Å². The number of hydrogen-bond donors (Lipinski definition) is 0. The van der Waals surface area contributed by atoms with Crippen LogP contribution in [0.4, 0.5) is 13.2 Å². The van der Waals surface area contributed by atoms with Gasteiger partial charge < -0.3 is 4.74 Å². The Morgan fingerprint density at radius 1 is 1.24 bits per heavy atom. The van der Waals surface area contributed by atoms with Crippen molar-refractivity contribution in [3.05, 3.63) is 11.9 Å². The molecule has 2 atom stereocenters. The quantitative estimate of drug-likeness (QED) is 0.855. The molecular formula is C13H19F3N4O. The largest absolute Gasteiger partial charge is 0.401 e. The van der Waals surface area contributed by atoms with Crippen molar-refractivity contribution < 1.29 is 17.9 Å². The fourth-order valence-corrected chi connectivity index (χ4v) is 3.63. The van der Waals surface area contributed by atoms with E-state index in [2.05, 4.69) is 10.3 Å². The zero-order chi connectivity index (χ0) is 15.0. The molecule has 2 unspecified atom stereocenters. The van der Waals surface area contributed by atoms with E-state index in [4.69, 9.17) is 4.74 Å². The standard InChI is InChI=1S/C13H19F3N4O/c1-21-7-9-6-20(18-17-9)12-4-10-2-3-11(5-12)19(10)8-13(14,15)16/h6,10-12H,2-5,7-8H2,1H3. The van der Waals surface area contributed by atoms with Crippen LogP contribution < -0.4 is 0 Å². The highest BCUT2D eigenvalue weighted by Gasteiger charge is 2.45. The minimum atomic E-state index is -4.12. The van der Waals surface area contributed by atoms with Gasteiger partial charge in [0.1, 0.15) is 5.69 Å². The maximum atomic E-state index is 12.6. The number of halogens is 3. The predicted octanol–water partition coefficient (Wildman–Crippen LogP) is 2.15. The fourth-order valence-electron chi connectivity index (χ4n) is 3.63. The zero-order valence-corrected chi connectivity index (χ0v) is 11.9. The van der Waals surface area contributed by atoms with Gasteiger partial charge in [-0.2, -0.15) is 13.2 Å². The van der Waals surface area contributed by atoms with Crippen LogP contribution in [-0.2, 0) is 11.3 Å². The normalized spacial score (nSPS) is 30.0.